The summed E-state index contributed by atoms with van der Waals surface area (Å²) in [6, 6.07) is 0. The number of amides is 1. The summed E-state index contributed by atoms with van der Waals surface area (Å²) < 4.78 is 0.606. The van der Waals surface area contributed by atoms with Gasteiger partial charge in [-0.1, -0.05) is 37.0 Å². The lowest BCUT2D eigenvalue weighted by molar-refractivity contribution is -0.130. The highest BCUT2D eigenvalue weighted by Crippen LogP contribution is 2.31. The lowest BCUT2D eigenvalue weighted by atomic mass is 10.4. The first-order valence-corrected chi connectivity index (χ1v) is 5.24. The molecule has 1 heterocycles. The van der Waals surface area contributed by atoms with E-state index in [1.165, 1.54) is 16.8 Å². The number of allylic oxidation sites excluding steroid dienone is 1. The van der Waals surface area contributed by atoms with Crippen molar-refractivity contribution in [3.63, 3.8) is 0 Å². The zero-order valence-electron chi connectivity index (χ0n) is 7.90. The van der Waals surface area contributed by atoms with Crippen LogP contribution < -0.4 is 0 Å². The van der Waals surface area contributed by atoms with Crippen LogP contribution in [0.2, 0.25) is 0 Å². The molecule has 0 unspecified atom stereocenters. The second-order valence-corrected chi connectivity index (χ2v) is 4.48. The lowest BCUT2D eigenvalue weighted by Gasteiger charge is -2.21. The van der Waals surface area contributed by atoms with Crippen molar-refractivity contribution in [1.82, 2.24) is 10.0 Å². The van der Waals surface area contributed by atoms with Gasteiger partial charge in [-0.05, 0) is 6.42 Å². The van der Waals surface area contributed by atoms with E-state index in [9.17, 15) is 4.79 Å². The lowest BCUT2D eigenvalue weighted by Crippen LogP contribution is -2.39. The van der Waals surface area contributed by atoms with Crippen LogP contribution in [0.25, 0.3) is 0 Å². The number of rotatable bonds is 2. The quantitative estimate of drug-likeness (QED) is 0.517. The Balaban J connectivity index is 2.88. The van der Waals surface area contributed by atoms with Crippen molar-refractivity contribution in [2.45, 2.75) is 13.3 Å². The van der Waals surface area contributed by atoms with Gasteiger partial charge in [0.25, 0.3) is 5.91 Å². The van der Waals surface area contributed by atoms with Crippen molar-refractivity contribution >= 4 is 34.2 Å². The Morgan fingerprint density at radius 1 is 1.62 bits per heavy atom. The van der Waals surface area contributed by atoms with Crippen LogP contribution in [0, 0.1) is 0 Å². The fraction of sp³-hybridized carbons (Fsp3) is 0.500. The summed E-state index contributed by atoms with van der Waals surface area (Å²) in [5.41, 5.74) is 0. The maximum atomic E-state index is 11.7. The van der Waals surface area contributed by atoms with E-state index in [1.807, 2.05) is 13.0 Å². The Labute approximate surface area is 87.7 Å². The van der Waals surface area contributed by atoms with E-state index in [4.69, 9.17) is 12.2 Å². The summed E-state index contributed by atoms with van der Waals surface area (Å²) in [6.45, 7) is 2.00. The number of nitrogens with zero attached hydrogens (tertiary/aromatic N) is 2. The number of carbonyl (C=O) groups is 1. The van der Waals surface area contributed by atoms with Crippen molar-refractivity contribution in [2.24, 2.45) is 0 Å². The van der Waals surface area contributed by atoms with E-state index >= 15 is 0 Å². The van der Waals surface area contributed by atoms with Gasteiger partial charge in [-0.25, -0.2) is 10.0 Å². The Morgan fingerprint density at radius 3 is 2.62 bits per heavy atom. The Bertz CT molecular complexity index is 273. The second-order valence-electron chi connectivity index (χ2n) is 2.81. The summed E-state index contributed by atoms with van der Waals surface area (Å²) in [6.07, 6.45) is 2.76. The molecule has 0 spiro atoms. The van der Waals surface area contributed by atoms with Crippen LogP contribution in [-0.2, 0) is 4.79 Å². The normalized spacial score (nSPS) is 20.9. The average molecular weight is 216 g/mol. The van der Waals surface area contributed by atoms with Crippen LogP contribution in [0.3, 0.4) is 0 Å². The van der Waals surface area contributed by atoms with Gasteiger partial charge in [0.05, 0.1) is 4.91 Å². The number of carbonyl (C=O) groups excluding carboxylic acids is 1. The Morgan fingerprint density at radius 2 is 2.23 bits per heavy atom. The van der Waals surface area contributed by atoms with Crippen molar-refractivity contribution in [3.8, 4) is 0 Å². The number of hydrazine groups is 1. The third-order valence-electron chi connectivity index (χ3n) is 1.56. The molecule has 0 saturated carbocycles. The number of thiocarbonyl (C=S) groups is 1. The molecule has 0 aromatic rings. The highest BCUT2D eigenvalue weighted by atomic mass is 32.2. The summed E-state index contributed by atoms with van der Waals surface area (Å²) >= 11 is 6.43. The van der Waals surface area contributed by atoms with E-state index in [0.29, 0.717) is 4.32 Å². The standard InChI is InChI=1S/C8H12N2OS2/c1-4-5-6-7(11)10(9(2)3)8(12)13-6/h5H,4H2,1-3H3/b6-5+. The summed E-state index contributed by atoms with van der Waals surface area (Å²) in [5.74, 6) is -0.0122. The minimum atomic E-state index is -0.0122. The first-order valence-electron chi connectivity index (χ1n) is 4.01. The van der Waals surface area contributed by atoms with Crippen LogP contribution in [-0.4, -0.2) is 34.3 Å². The zero-order valence-corrected chi connectivity index (χ0v) is 9.54. The van der Waals surface area contributed by atoms with Crippen LogP contribution in [0.1, 0.15) is 13.3 Å². The highest BCUT2D eigenvalue weighted by Gasteiger charge is 2.33. The molecule has 1 fully saturated rings. The van der Waals surface area contributed by atoms with Crippen molar-refractivity contribution in [2.75, 3.05) is 14.1 Å². The Hall–Kier alpha value is -0.390. The molecule has 1 amide bonds. The van der Waals surface area contributed by atoms with E-state index in [2.05, 4.69) is 0 Å². The topological polar surface area (TPSA) is 23.6 Å². The summed E-state index contributed by atoms with van der Waals surface area (Å²) in [5, 5.41) is 3.20. The van der Waals surface area contributed by atoms with Gasteiger partial charge >= 0.3 is 0 Å². The number of thioether (sulfide) groups is 1. The van der Waals surface area contributed by atoms with Crippen LogP contribution in [0.5, 0.6) is 0 Å². The molecule has 0 radical (unpaired) electrons. The molecule has 0 N–H and O–H groups in total. The van der Waals surface area contributed by atoms with Crippen molar-refractivity contribution < 1.29 is 4.79 Å². The molecule has 1 rings (SSSR count). The minimum Gasteiger partial charge on any atom is -0.267 e. The molecule has 1 saturated heterocycles. The molecule has 1 aliphatic rings. The van der Waals surface area contributed by atoms with Crippen molar-refractivity contribution in [3.05, 3.63) is 11.0 Å². The predicted octanol–water partition coefficient (Wildman–Crippen LogP) is 1.62. The SMILES string of the molecule is CC/C=C1/SC(=S)N(N(C)C)C1=O. The Kier molecular flexibility index (Phi) is 3.47. The zero-order chi connectivity index (χ0) is 10.0. The monoisotopic (exact) mass is 216 g/mol. The smallest absolute Gasteiger partial charge is 0.267 e. The van der Waals surface area contributed by atoms with E-state index in [0.717, 1.165) is 11.3 Å². The van der Waals surface area contributed by atoms with Gasteiger partial charge in [-0.15, -0.1) is 0 Å². The first-order chi connectivity index (χ1) is 6.07. The second kappa shape index (κ2) is 4.21. The number of hydrogen-bond donors (Lipinski definition) is 0. The highest BCUT2D eigenvalue weighted by molar-refractivity contribution is 8.26. The van der Waals surface area contributed by atoms with Gasteiger partial charge in [0.1, 0.15) is 0 Å². The van der Waals surface area contributed by atoms with Gasteiger partial charge in [-0.2, -0.15) is 0 Å². The molecular weight excluding hydrogens is 204 g/mol. The van der Waals surface area contributed by atoms with Crippen LogP contribution in [0.4, 0.5) is 0 Å². The van der Waals surface area contributed by atoms with Gasteiger partial charge in [0.2, 0.25) is 0 Å². The molecule has 0 atom stereocenters. The van der Waals surface area contributed by atoms with Gasteiger partial charge in [0, 0.05) is 14.1 Å². The molecular formula is C8H12N2OS2. The number of hydrogen-bond acceptors (Lipinski definition) is 4. The van der Waals surface area contributed by atoms with Crippen molar-refractivity contribution in [1.29, 1.82) is 0 Å². The summed E-state index contributed by atoms with van der Waals surface area (Å²) in [7, 11) is 3.61. The molecule has 13 heavy (non-hydrogen) atoms. The molecule has 0 aromatic heterocycles. The largest absolute Gasteiger partial charge is 0.280 e. The molecule has 0 bridgehead atoms. The summed E-state index contributed by atoms with van der Waals surface area (Å²) in [4.78, 5) is 12.4. The molecule has 1 aliphatic heterocycles. The predicted molar refractivity (Wildman–Crippen MR) is 59.1 cm³/mol. The van der Waals surface area contributed by atoms with E-state index < -0.39 is 0 Å². The van der Waals surface area contributed by atoms with Gasteiger partial charge in [-0.3, -0.25) is 4.79 Å². The van der Waals surface area contributed by atoms with Gasteiger partial charge in [0.15, 0.2) is 4.32 Å². The van der Waals surface area contributed by atoms with Crippen LogP contribution >= 0.6 is 24.0 Å². The molecule has 5 heteroatoms. The third-order valence-corrected chi connectivity index (χ3v) is 2.89. The van der Waals surface area contributed by atoms with Crippen LogP contribution in [0.15, 0.2) is 11.0 Å². The maximum absolute atomic E-state index is 11.7. The molecule has 0 aromatic carbocycles. The van der Waals surface area contributed by atoms with Gasteiger partial charge < -0.3 is 0 Å². The van der Waals surface area contributed by atoms with E-state index in [1.54, 1.807) is 19.1 Å². The van der Waals surface area contributed by atoms with E-state index in [-0.39, 0.29) is 5.91 Å². The minimum absolute atomic E-state index is 0.0122. The molecule has 3 nitrogen and oxygen atoms in total. The first kappa shape index (κ1) is 10.7. The third kappa shape index (κ3) is 2.10. The molecule has 0 aliphatic carbocycles. The fourth-order valence-corrected chi connectivity index (χ4v) is 2.49. The fourth-order valence-electron chi connectivity index (χ4n) is 1.03. The molecule has 72 valence electrons. The average Bonchev–Trinajstić information content (AvgIpc) is 2.28. The maximum Gasteiger partial charge on any atom is 0.280 e.